The minimum atomic E-state index is -0.954. The normalized spacial score (nSPS) is 17.5. The Balaban J connectivity index is 1.77. The van der Waals surface area contributed by atoms with E-state index >= 15 is 0 Å². The highest BCUT2D eigenvalue weighted by atomic mass is 16.5. The fourth-order valence-electron chi connectivity index (χ4n) is 2.95. The highest BCUT2D eigenvalue weighted by Gasteiger charge is 2.31. The summed E-state index contributed by atoms with van der Waals surface area (Å²) in [7, 11) is 0. The molecule has 6 nitrogen and oxygen atoms in total. The Bertz CT molecular complexity index is 749. The molecule has 1 saturated heterocycles. The summed E-state index contributed by atoms with van der Waals surface area (Å²) in [6, 6.07) is 10.9. The van der Waals surface area contributed by atoms with E-state index in [1.165, 1.54) is 10.5 Å². The second-order valence-electron chi connectivity index (χ2n) is 6.04. The third-order valence-corrected chi connectivity index (χ3v) is 4.36. The van der Waals surface area contributed by atoms with Crippen molar-refractivity contribution in [3.8, 4) is 11.3 Å². The summed E-state index contributed by atoms with van der Waals surface area (Å²) >= 11 is 0. The summed E-state index contributed by atoms with van der Waals surface area (Å²) in [5.41, 5.74) is 2.14. The van der Waals surface area contributed by atoms with Gasteiger partial charge in [-0.15, -0.1) is 0 Å². The quantitative estimate of drug-likeness (QED) is 0.903. The smallest absolute Gasteiger partial charge is 0.305 e. The zero-order chi connectivity index (χ0) is 17.8. The molecule has 1 aromatic heterocycles. The number of nitrogens with zero attached hydrogens (tertiary/aromatic N) is 1. The van der Waals surface area contributed by atoms with E-state index in [9.17, 15) is 9.59 Å². The van der Waals surface area contributed by atoms with Crippen LogP contribution in [0.25, 0.3) is 11.3 Å². The third kappa shape index (κ3) is 3.91. The number of ether oxygens (including phenoxy) is 1. The van der Waals surface area contributed by atoms with Crippen molar-refractivity contribution >= 4 is 11.9 Å². The number of hydrogen-bond donors (Lipinski definition) is 1. The van der Waals surface area contributed by atoms with Gasteiger partial charge in [-0.25, -0.2) is 0 Å². The Morgan fingerprint density at radius 3 is 2.64 bits per heavy atom. The summed E-state index contributed by atoms with van der Waals surface area (Å²) < 4.78 is 11.0. The number of aryl methyl sites for hydroxylation is 1. The van der Waals surface area contributed by atoms with Crippen LogP contribution in [0, 0.1) is 0 Å². The maximum Gasteiger partial charge on any atom is 0.305 e. The lowest BCUT2D eigenvalue weighted by atomic mass is 10.1. The fourth-order valence-corrected chi connectivity index (χ4v) is 2.95. The van der Waals surface area contributed by atoms with Crippen molar-refractivity contribution in [2.24, 2.45) is 0 Å². The van der Waals surface area contributed by atoms with E-state index in [-0.39, 0.29) is 24.7 Å². The van der Waals surface area contributed by atoms with E-state index in [1.807, 2.05) is 24.3 Å². The Kier molecular flexibility index (Phi) is 5.19. The van der Waals surface area contributed by atoms with Gasteiger partial charge < -0.3 is 19.2 Å². The number of rotatable bonds is 5. The predicted molar refractivity (Wildman–Crippen MR) is 91.4 cm³/mol. The molecule has 1 amide bonds. The number of carbonyl (C=O) groups excluding carboxylic acids is 1. The molecule has 25 heavy (non-hydrogen) atoms. The lowest BCUT2D eigenvalue weighted by Crippen LogP contribution is -2.49. The topological polar surface area (TPSA) is 80.0 Å². The molecular weight excluding hydrogens is 322 g/mol. The molecule has 1 aromatic carbocycles. The standard InChI is InChI=1S/C19H21NO5/c1-2-13-3-5-14(6-4-13)16-7-8-17(25-16)19(23)20-9-10-24-12-15(20)11-18(21)22/h3-8,15H,2,9-12H2,1H3,(H,21,22). The van der Waals surface area contributed by atoms with Gasteiger partial charge in [-0.3, -0.25) is 9.59 Å². The Hall–Kier alpha value is -2.60. The zero-order valence-electron chi connectivity index (χ0n) is 14.1. The number of carboxylic acid groups (broad SMARTS) is 1. The molecule has 1 fully saturated rings. The average molecular weight is 343 g/mol. The first-order valence-corrected chi connectivity index (χ1v) is 8.38. The number of benzene rings is 1. The van der Waals surface area contributed by atoms with Crippen LogP contribution in [0.15, 0.2) is 40.8 Å². The van der Waals surface area contributed by atoms with Gasteiger partial charge in [0.1, 0.15) is 5.76 Å². The summed E-state index contributed by atoms with van der Waals surface area (Å²) in [6.07, 6.45) is 0.821. The van der Waals surface area contributed by atoms with Crippen molar-refractivity contribution in [3.05, 3.63) is 47.7 Å². The zero-order valence-corrected chi connectivity index (χ0v) is 14.1. The van der Waals surface area contributed by atoms with Crippen molar-refractivity contribution in [1.29, 1.82) is 0 Å². The highest BCUT2D eigenvalue weighted by molar-refractivity contribution is 5.92. The Labute approximate surface area is 146 Å². The molecule has 2 heterocycles. The number of furan rings is 1. The largest absolute Gasteiger partial charge is 0.481 e. The lowest BCUT2D eigenvalue weighted by Gasteiger charge is -2.34. The second-order valence-corrected chi connectivity index (χ2v) is 6.04. The van der Waals surface area contributed by atoms with Gasteiger partial charge in [-0.05, 0) is 24.1 Å². The number of carboxylic acids is 1. The number of hydrogen-bond acceptors (Lipinski definition) is 4. The Morgan fingerprint density at radius 2 is 1.96 bits per heavy atom. The molecule has 0 saturated carbocycles. The van der Waals surface area contributed by atoms with E-state index in [0.29, 0.717) is 18.9 Å². The monoisotopic (exact) mass is 343 g/mol. The van der Waals surface area contributed by atoms with Crippen LogP contribution < -0.4 is 0 Å². The number of morpholine rings is 1. The molecule has 0 aliphatic carbocycles. The van der Waals surface area contributed by atoms with Crippen LogP contribution in [-0.2, 0) is 16.0 Å². The van der Waals surface area contributed by atoms with Crippen LogP contribution in [0.5, 0.6) is 0 Å². The van der Waals surface area contributed by atoms with Crippen molar-refractivity contribution < 1.29 is 23.8 Å². The SMILES string of the molecule is CCc1ccc(-c2ccc(C(=O)N3CCOCC3CC(=O)O)o2)cc1. The van der Waals surface area contributed by atoms with E-state index in [4.69, 9.17) is 14.3 Å². The first kappa shape index (κ1) is 17.2. The molecule has 1 aliphatic rings. The molecule has 0 radical (unpaired) electrons. The fraction of sp³-hybridized carbons (Fsp3) is 0.368. The third-order valence-electron chi connectivity index (χ3n) is 4.36. The van der Waals surface area contributed by atoms with Gasteiger partial charge in [0.25, 0.3) is 5.91 Å². The Morgan fingerprint density at radius 1 is 1.20 bits per heavy atom. The van der Waals surface area contributed by atoms with Gasteiger partial charge in [-0.1, -0.05) is 31.2 Å². The van der Waals surface area contributed by atoms with Gasteiger partial charge in [0.2, 0.25) is 0 Å². The maximum atomic E-state index is 12.7. The molecule has 2 aromatic rings. The number of aliphatic carboxylic acids is 1. The van der Waals surface area contributed by atoms with Crippen LogP contribution >= 0.6 is 0 Å². The van der Waals surface area contributed by atoms with Crippen LogP contribution in [0.1, 0.15) is 29.5 Å². The van der Waals surface area contributed by atoms with Crippen LogP contribution in [0.2, 0.25) is 0 Å². The van der Waals surface area contributed by atoms with Gasteiger partial charge in [0.05, 0.1) is 25.7 Å². The van der Waals surface area contributed by atoms with Crippen LogP contribution in [-0.4, -0.2) is 47.7 Å². The molecule has 1 atom stereocenters. The van der Waals surface area contributed by atoms with E-state index in [1.54, 1.807) is 12.1 Å². The number of amides is 1. The second kappa shape index (κ2) is 7.53. The minimum Gasteiger partial charge on any atom is -0.481 e. The average Bonchev–Trinajstić information content (AvgIpc) is 3.11. The van der Waals surface area contributed by atoms with Crippen molar-refractivity contribution in [1.82, 2.24) is 4.90 Å². The van der Waals surface area contributed by atoms with Crippen molar-refractivity contribution in [2.45, 2.75) is 25.8 Å². The van der Waals surface area contributed by atoms with Crippen LogP contribution in [0.4, 0.5) is 0 Å². The van der Waals surface area contributed by atoms with Crippen LogP contribution in [0.3, 0.4) is 0 Å². The first-order chi connectivity index (χ1) is 12.1. The maximum absolute atomic E-state index is 12.7. The molecule has 132 valence electrons. The number of carbonyl (C=O) groups is 2. The van der Waals surface area contributed by atoms with E-state index < -0.39 is 12.0 Å². The summed E-state index contributed by atoms with van der Waals surface area (Å²) in [5, 5.41) is 9.01. The first-order valence-electron chi connectivity index (χ1n) is 8.38. The summed E-state index contributed by atoms with van der Waals surface area (Å²) in [4.78, 5) is 25.2. The van der Waals surface area contributed by atoms with Crippen molar-refractivity contribution in [2.75, 3.05) is 19.8 Å². The molecule has 0 bridgehead atoms. The predicted octanol–water partition coefficient (Wildman–Crippen LogP) is 2.82. The van der Waals surface area contributed by atoms with E-state index in [0.717, 1.165) is 12.0 Å². The molecular formula is C19H21NO5. The molecule has 1 N–H and O–H groups in total. The summed E-state index contributed by atoms with van der Waals surface area (Å²) in [6.45, 7) is 3.07. The van der Waals surface area contributed by atoms with Crippen molar-refractivity contribution in [3.63, 3.8) is 0 Å². The van der Waals surface area contributed by atoms with Gasteiger partial charge in [-0.2, -0.15) is 0 Å². The molecule has 3 rings (SSSR count). The van der Waals surface area contributed by atoms with Gasteiger partial charge in [0, 0.05) is 12.1 Å². The highest BCUT2D eigenvalue weighted by Crippen LogP contribution is 2.24. The van der Waals surface area contributed by atoms with E-state index in [2.05, 4.69) is 6.92 Å². The molecule has 6 heteroatoms. The molecule has 1 unspecified atom stereocenters. The van der Waals surface area contributed by atoms with Gasteiger partial charge >= 0.3 is 5.97 Å². The molecule has 0 spiro atoms. The molecule has 1 aliphatic heterocycles. The summed E-state index contributed by atoms with van der Waals surface area (Å²) in [5.74, 6) is -0.420. The lowest BCUT2D eigenvalue weighted by molar-refractivity contribution is -0.139. The van der Waals surface area contributed by atoms with Gasteiger partial charge in [0.15, 0.2) is 5.76 Å². The minimum absolute atomic E-state index is 0.141.